The molecule has 106 valence electrons. The first kappa shape index (κ1) is 14.7. The molecule has 0 fully saturated rings. The number of hydrogen-bond donors (Lipinski definition) is 1. The molecule has 3 heteroatoms. The number of aromatic nitrogens is 2. The van der Waals surface area contributed by atoms with Crippen molar-refractivity contribution in [2.24, 2.45) is 5.73 Å². The van der Waals surface area contributed by atoms with E-state index in [1.807, 2.05) is 19.2 Å². The molecule has 2 aromatic rings. The first-order chi connectivity index (χ1) is 9.47. The van der Waals surface area contributed by atoms with Crippen LogP contribution in [0.2, 0.25) is 0 Å². The minimum atomic E-state index is 0.0772. The van der Waals surface area contributed by atoms with Gasteiger partial charge in [0.2, 0.25) is 0 Å². The first-order valence-electron chi connectivity index (χ1n) is 7.15. The van der Waals surface area contributed by atoms with Gasteiger partial charge >= 0.3 is 0 Å². The van der Waals surface area contributed by atoms with Crippen molar-refractivity contribution in [2.75, 3.05) is 0 Å². The molecule has 3 nitrogen and oxygen atoms in total. The third-order valence-electron chi connectivity index (χ3n) is 3.41. The Morgan fingerprint density at radius 2 is 1.90 bits per heavy atom. The molecule has 0 saturated carbocycles. The Morgan fingerprint density at radius 3 is 2.55 bits per heavy atom. The van der Waals surface area contributed by atoms with Gasteiger partial charge in [-0.2, -0.15) is 0 Å². The third kappa shape index (κ3) is 3.42. The molecule has 0 bridgehead atoms. The quantitative estimate of drug-likeness (QED) is 0.924. The van der Waals surface area contributed by atoms with Crippen molar-refractivity contribution >= 4 is 0 Å². The Hall–Kier alpha value is -1.74. The van der Waals surface area contributed by atoms with Crippen LogP contribution in [-0.2, 0) is 6.42 Å². The summed E-state index contributed by atoms with van der Waals surface area (Å²) in [5.41, 5.74) is 10.6. The van der Waals surface area contributed by atoms with Crippen molar-refractivity contribution in [2.45, 2.75) is 46.1 Å². The summed E-state index contributed by atoms with van der Waals surface area (Å²) >= 11 is 0. The topological polar surface area (TPSA) is 51.8 Å². The van der Waals surface area contributed by atoms with E-state index in [2.05, 4.69) is 48.9 Å². The number of aryl methyl sites for hydroxylation is 1. The third-order valence-corrected chi connectivity index (χ3v) is 3.41. The normalized spacial score (nSPS) is 12.7. The lowest BCUT2D eigenvalue weighted by Crippen LogP contribution is -2.19. The van der Waals surface area contributed by atoms with E-state index in [0.717, 1.165) is 11.5 Å². The molecule has 1 aromatic heterocycles. The van der Waals surface area contributed by atoms with Crippen LogP contribution < -0.4 is 5.73 Å². The molecule has 0 aliphatic rings. The Bertz CT molecular complexity index is 589. The van der Waals surface area contributed by atoms with E-state index in [0.29, 0.717) is 12.3 Å². The molecule has 2 rings (SSSR count). The first-order valence-corrected chi connectivity index (χ1v) is 7.15. The highest BCUT2D eigenvalue weighted by Crippen LogP contribution is 2.26. The van der Waals surface area contributed by atoms with E-state index >= 15 is 0 Å². The van der Waals surface area contributed by atoms with Crippen molar-refractivity contribution in [3.8, 4) is 11.3 Å². The largest absolute Gasteiger partial charge is 0.328 e. The van der Waals surface area contributed by atoms with Gasteiger partial charge in [-0.15, -0.1) is 0 Å². The Morgan fingerprint density at radius 1 is 1.15 bits per heavy atom. The van der Waals surface area contributed by atoms with Gasteiger partial charge in [0.15, 0.2) is 0 Å². The van der Waals surface area contributed by atoms with Crippen LogP contribution in [0.25, 0.3) is 11.3 Å². The van der Waals surface area contributed by atoms with Crippen LogP contribution in [0.1, 0.15) is 43.6 Å². The van der Waals surface area contributed by atoms with Crippen LogP contribution in [0.4, 0.5) is 0 Å². The highest BCUT2D eigenvalue weighted by molar-refractivity contribution is 5.64. The second-order valence-electron chi connectivity index (χ2n) is 5.77. The molecule has 1 aromatic carbocycles. The number of hydrogen-bond acceptors (Lipinski definition) is 3. The Kier molecular flexibility index (Phi) is 4.50. The SMILES string of the molecule is Cc1ccc(C(C)C)cc1-c1ccnc(CC(C)N)n1. The second kappa shape index (κ2) is 6.14. The standard InChI is InChI=1S/C17H23N3/c1-11(2)14-6-5-12(3)15(10-14)16-7-8-19-17(20-16)9-13(4)18/h5-8,10-11,13H,9,18H2,1-4H3. The van der Waals surface area contributed by atoms with Crippen molar-refractivity contribution < 1.29 is 0 Å². The summed E-state index contributed by atoms with van der Waals surface area (Å²) in [6.07, 6.45) is 2.53. The lowest BCUT2D eigenvalue weighted by atomic mass is 9.96. The predicted molar refractivity (Wildman–Crippen MR) is 83.6 cm³/mol. The van der Waals surface area contributed by atoms with Crippen LogP contribution in [0, 0.1) is 6.92 Å². The molecule has 0 spiro atoms. The Labute approximate surface area is 121 Å². The van der Waals surface area contributed by atoms with E-state index in [4.69, 9.17) is 5.73 Å². The van der Waals surface area contributed by atoms with Crippen molar-refractivity contribution in [3.63, 3.8) is 0 Å². The van der Waals surface area contributed by atoms with Gasteiger partial charge in [-0.1, -0.05) is 26.0 Å². The lowest BCUT2D eigenvalue weighted by Gasteiger charge is -2.12. The van der Waals surface area contributed by atoms with E-state index in [1.165, 1.54) is 16.7 Å². The summed E-state index contributed by atoms with van der Waals surface area (Å²) in [6.45, 7) is 8.50. The van der Waals surface area contributed by atoms with Gasteiger partial charge in [-0.25, -0.2) is 9.97 Å². The van der Waals surface area contributed by atoms with Gasteiger partial charge in [0, 0.05) is 24.2 Å². The number of benzene rings is 1. The van der Waals surface area contributed by atoms with Gasteiger partial charge in [-0.3, -0.25) is 0 Å². The fourth-order valence-corrected chi connectivity index (χ4v) is 2.21. The van der Waals surface area contributed by atoms with Gasteiger partial charge in [0.1, 0.15) is 5.82 Å². The summed E-state index contributed by atoms with van der Waals surface area (Å²) in [7, 11) is 0. The second-order valence-corrected chi connectivity index (χ2v) is 5.77. The minimum absolute atomic E-state index is 0.0772. The highest BCUT2D eigenvalue weighted by atomic mass is 14.9. The summed E-state index contributed by atoms with van der Waals surface area (Å²) in [5.74, 6) is 1.33. The van der Waals surface area contributed by atoms with E-state index in [-0.39, 0.29) is 6.04 Å². The maximum Gasteiger partial charge on any atom is 0.130 e. The fourth-order valence-electron chi connectivity index (χ4n) is 2.21. The molecule has 0 amide bonds. The zero-order chi connectivity index (χ0) is 14.7. The van der Waals surface area contributed by atoms with Gasteiger partial charge in [-0.05, 0) is 43.0 Å². The monoisotopic (exact) mass is 269 g/mol. The highest BCUT2D eigenvalue weighted by Gasteiger charge is 2.09. The van der Waals surface area contributed by atoms with E-state index in [1.54, 1.807) is 0 Å². The van der Waals surface area contributed by atoms with Crippen LogP contribution in [0.5, 0.6) is 0 Å². The number of nitrogens with two attached hydrogens (primary N) is 1. The maximum absolute atomic E-state index is 5.83. The molecular formula is C17H23N3. The van der Waals surface area contributed by atoms with Gasteiger partial charge in [0.05, 0.1) is 5.69 Å². The molecule has 0 aliphatic carbocycles. The molecule has 0 aliphatic heterocycles. The van der Waals surface area contributed by atoms with Crippen molar-refractivity contribution in [3.05, 3.63) is 47.4 Å². The summed E-state index contributed by atoms with van der Waals surface area (Å²) in [6, 6.07) is 8.63. The van der Waals surface area contributed by atoms with Gasteiger partial charge in [0.25, 0.3) is 0 Å². The fraction of sp³-hybridized carbons (Fsp3) is 0.412. The van der Waals surface area contributed by atoms with E-state index < -0.39 is 0 Å². The number of nitrogens with zero attached hydrogens (tertiary/aromatic N) is 2. The molecule has 1 heterocycles. The predicted octanol–water partition coefficient (Wildman–Crippen LogP) is 3.47. The van der Waals surface area contributed by atoms with Crippen LogP contribution in [-0.4, -0.2) is 16.0 Å². The molecule has 1 atom stereocenters. The summed E-state index contributed by atoms with van der Waals surface area (Å²) in [4.78, 5) is 8.95. The van der Waals surface area contributed by atoms with Crippen LogP contribution >= 0.6 is 0 Å². The van der Waals surface area contributed by atoms with Crippen LogP contribution in [0.15, 0.2) is 30.5 Å². The van der Waals surface area contributed by atoms with Crippen molar-refractivity contribution in [1.82, 2.24) is 9.97 Å². The smallest absolute Gasteiger partial charge is 0.130 e. The summed E-state index contributed by atoms with van der Waals surface area (Å²) in [5, 5.41) is 0. The lowest BCUT2D eigenvalue weighted by molar-refractivity contribution is 0.702. The zero-order valence-electron chi connectivity index (χ0n) is 12.7. The molecule has 20 heavy (non-hydrogen) atoms. The number of rotatable bonds is 4. The molecular weight excluding hydrogens is 246 g/mol. The average Bonchev–Trinajstić information content (AvgIpc) is 2.38. The van der Waals surface area contributed by atoms with E-state index in [9.17, 15) is 0 Å². The summed E-state index contributed by atoms with van der Waals surface area (Å²) < 4.78 is 0. The van der Waals surface area contributed by atoms with Gasteiger partial charge < -0.3 is 5.73 Å². The average molecular weight is 269 g/mol. The van der Waals surface area contributed by atoms with Crippen molar-refractivity contribution in [1.29, 1.82) is 0 Å². The molecule has 0 saturated heterocycles. The maximum atomic E-state index is 5.83. The van der Waals surface area contributed by atoms with Crippen LogP contribution in [0.3, 0.4) is 0 Å². The molecule has 2 N–H and O–H groups in total. The zero-order valence-corrected chi connectivity index (χ0v) is 12.7. The minimum Gasteiger partial charge on any atom is -0.328 e. The Balaban J connectivity index is 2.42. The molecule has 0 radical (unpaired) electrons. The molecule has 1 unspecified atom stereocenters.